The fourth-order valence-corrected chi connectivity index (χ4v) is 5.30. The minimum Gasteiger partial charge on any atom is -0.497 e. The zero-order chi connectivity index (χ0) is 24.9. The second-order valence-electron chi connectivity index (χ2n) is 7.25. The number of alkyl halides is 3. The number of thiophene rings is 2. The van der Waals surface area contributed by atoms with E-state index in [0.29, 0.717) is 27.7 Å². The zero-order valence-electron chi connectivity index (χ0n) is 17.7. The fraction of sp³-hybridized carbons (Fsp3) is 0.0909. The average Bonchev–Trinajstić information content (AvgIpc) is 3.57. The number of rotatable bonds is 5. The molecule has 5 aromatic rings. The molecular weight excluding hydrogens is 505 g/mol. The van der Waals surface area contributed by atoms with Gasteiger partial charge in [0.15, 0.2) is 0 Å². The molecule has 0 spiro atoms. The van der Waals surface area contributed by atoms with E-state index in [1.54, 1.807) is 41.8 Å². The van der Waals surface area contributed by atoms with Gasteiger partial charge < -0.3 is 10.5 Å². The standard InChI is InChI=1S/C22H13F3N4O4S2/c1-32-11-6-4-10(5-7-11)29-17(21(31)33-28-29)18(30)19-16(26)15-12(22(23,24)25)9-13(27-20(15)35-19)14-3-2-8-34-14/h2-9H,1H3,(H2-,26,28,30,31)/p+1. The number of halogens is 3. The van der Waals surface area contributed by atoms with Gasteiger partial charge in [0.25, 0.3) is 5.78 Å². The van der Waals surface area contributed by atoms with Gasteiger partial charge in [0.1, 0.15) is 15.5 Å². The van der Waals surface area contributed by atoms with Crippen molar-refractivity contribution in [2.75, 3.05) is 12.8 Å². The lowest BCUT2D eigenvalue weighted by Crippen LogP contribution is -2.41. The third-order valence-electron chi connectivity index (χ3n) is 5.18. The van der Waals surface area contributed by atoms with Gasteiger partial charge in [0.2, 0.25) is 5.69 Å². The van der Waals surface area contributed by atoms with Crippen molar-refractivity contribution in [3.63, 3.8) is 0 Å². The van der Waals surface area contributed by atoms with Gasteiger partial charge in [-0.1, -0.05) is 6.07 Å². The van der Waals surface area contributed by atoms with E-state index in [0.717, 1.165) is 10.7 Å². The molecular formula is C22H14F3N4O4S2+. The Bertz CT molecular complexity index is 1620. The summed E-state index contributed by atoms with van der Waals surface area (Å²) in [4.78, 5) is 30.4. The molecule has 1 aromatic carbocycles. The predicted molar refractivity (Wildman–Crippen MR) is 123 cm³/mol. The SMILES string of the molecule is COc1ccc(-[n+]2[nH]oc(=O)c2C(=O)c2sc3nc(-c4cccs4)cc(C(F)(F)F)c3c2N)cc1. The number of nitrogen functional groups attached to an aromatic ring is 1. The van der Waals surface area contributed by atoms with E-state index in [1.165, 1.54) is 18.4 Å². The monoisotopic (exact) mass is 519 g/mol. The van der Waals surface area contributed by atoms with Gasteiger partial charge in [-0.2, -0.15) is 13.2 Å². The molecule has 0 unspecified atom stereocenters. The van der Waals surface area contributed by atoms with Crippen molar-refractivity contribution in [3.05, 3.63) is 74.4 Å². The number of ketones is 1. The third-order valence-corrected chi connectivity index (χ3v) is 7.17. The minimum atomic E-state index is -4.75. The van der Waals surface area contributed by atoms with Crippen molar-refractivity contribution in [2.24, 2.45) is 0 Å². The van der Waals surface area contributed by atoms with Gasteiger partial charge >= 0.3 is 17.5 Å². The number of benzene rings is 1. The number of methoxy groups -OCH3 is 1. The maximum absolute atomic E-state index is 14.0. The summed E-state index contributed by atoms with van der Waals surface area (Å²) in [5, 5.41) is 3.66. The number of aromatic nitrogens is 3. The Morgan fingerprint density at radius 2 is 1.97 bits per heavy atom. The summed E-state index contributed by atoms with van der Waals surface area (Å²) in [5.74, 6) is -0.365. The average molecular weight is 520 g/mol. The van der Waals surface area contributed by atoms with E-state index >= 15 is 0 Å². The molecule has 4 aromatic heterocycles. The van der Waals surface area contributed by atoms with Gasteiger partial charge in [-0.25, -0.2) is 9.78 Å². The quantitative estimate of drug-likeness (QED) is 0.262. The number of ether oxygens (including phenoxy) is 1. The first-order chi connectivity index (χ1) is 16.7. The highest BCUT2D eigenvalue weighted by Crippen LogP contribution is 2.44. The normalized spacial score (nSPS) is 11.8. The predicted octanol–water partition coefficient (Wildman–Crippen LogP) is 4.42. The fourth-order valence-electron chi connectivity index (χ4n) is 3.55. The van der Waals surface area contributed by atoms with Crippen LogP contribution in [-0.4, -0.2) is 23.1 Å². The molecule has 13 heteroatoms. The molecule has 0 radical (unpaired) electrons. The maximum Gasteiger partial charge on any atom is 0.439 e. The number of nitrogens with zero attached hydrogens (tertiary/aromatic N) is 2. The lowest BCUT2D eigenvalue weighted by atomic mass is 10.1. The first-order valence-electron chi connectivity index (χ1n) is 9.85. The Balaban J connectivity index is 1.69. The Kier molecular flexibility index (Phi) is 5.44. The molecule has 35 heavy (non-hydrogen) atoms. The zero-order valence-corrected chi connectivity index (χ0v) is 19.3. The van der Waals surface area contributed by atoms with Gasteiger partial charge in [-0.05, 0) is 39.6 Å². The van der Waals surface area contributed by atoms with Crippen LogP contribution in [-0.2, 0) is 6.18 Å². The molecule has 178 valence electrons. The Hall–Kier alpha value is -3.97. The number of carbonyl (C=O) groups excluding carboxylic acids is 1. The molecule has 0 aliphatic carbocycles. The van der Waals surface area contributed by atoms with E-state index in [2.05, 4.69) is 10.3 Å². The number of H-pyrrole nitrogens is 1. The molecule has 8 nitrogen and oxygen atoms in total. The summed E-state index contributed by atoms with van der Waals surface area (Å²) < 4.78 is 52.9. The molecule has 3 N–H and O–H groups in total. The topological polar surface area (TPSA) is 115 Å². The molecule has 0 atom stereocenters. The minimum absolute atomic E-state index is 0.0694. The molecule has 0 aliphatic rings. The summed E-state index contributed by atoms with van der Waals surface area (Å²) in [7, 11) is 1.48. The highest BCUT2D eigenvalue weighted by Gasteiger charge is 2.39. The van der Waals surface area contributed by atoms with Gasteiger partial charge in [0, 0.05) is 17.5 Å². The number of aromatic amines is 1. The van der Waals surface area contributed by atoms with Crippen molar-refractivity contribution in [1.29, 1.82) is 0 Å². The van der Waals surface area contributed by atoms with E-state index < -0.39 is 34.5 Å². The summed E-state index contributed by atoms with van der Waals surface area (Å²) in [6.07, 6.45) is -4.75. The Morgan fingerprint density at radius 1 is 1.23 bits per heavy atom. The van der Waals surface area contributed by atoms with Crippen molar-refractivity contribution in [3.8, 4) is 22.0 Å². The molecule has 4 heterocycles. The first kappa shape index (κ1) is 22.8. The lowest BCUT2D eigenvalue weighted by Gasteiger charge is -2.10. The van der Waals surface area contributed by atoms with Gasteiger partial charge in [0.05, 0.1) is 28.9 Å². The van der Waals surface area contributed by atoms with Crippen molar-refractivity contribution < 1.29 is 31.9 Å². The van der Waals surface area contributed by atoms with Crippen LogP contribution in [0.4, 0.5) is 18.9 Å². The van der Waals surface area contributed by atoms with Gasteiger partial charge in [-0.3, -0.25) is 9.32 Å². The largest absolute Gasteiger partial charge is 0.497 e. The lowest BCUT2D eigenvalue weighted by molar-refractivity contribution is -0.672. The van der Waals surface area contributed by atoms with Crippen LogP contribution in [0.5, 0.6) is 5.75 Å². The van der Waals surface area contributed by atoms with E-state index in [1.807, 2.05) is 0 Å². The molecule has 0 amide bonds. The van der Waals surface area contributed by atoms with Crippen LogP contribution in [0.2, 0.25) is 0 Å². The summed E-state index contributed by atoms with van der Waals surface area (Å²) in [6.45, 7) is 0. The molecule has 0 aliphatic heterocycles. The smallest absolute Gasteiger partial charge is 0.439 e. The second kappa shape index (κ2) is 8.36. The Morgan fingerprint density at radius 3 is 2.60 bits per heavy atom. The van der Waals surface area contributed by atoms with E-state index in [4.69, 9.17) is 15.0 Å². The summed E-state index contributed by atoms with van der Waals surface area (Å²) in [5.41, 5.74) is 3.65. The van der Waals surface area contributed by atoms with Crippen molar-refractivity contribution in [2.45, 2.75) is 6.18 Å². The van der Waals surface area contributed by atoms with Crippen LogP contribution in [0, 0.1) is 0 Å². The number of hydrogen-bond acceptors (Lipinski definition) is 8. The summed E-state index contributed by atoms with van der Waals surface area (Å²) >= 11 is 1.91. The van der Waals surface area contributed by atoms with Gasteiger partial charge in [-0.15, -0.1) is 22.7 Å². The van der Waals surface area contributed by atoms with Crippen LogP contribution < -0.4 is 20.8 Å². The number of pyridine rings is 1. The molecule has 0 saturated heterocycles. The van der Waals surface area contributed by atoms with E-state index in [-0.39, 0.29) is 20.8 Å². The highest BCUT2D eigenvalue weighted by molar-refractivity contribution is 7.21. The molecule has 0 saturated carbocycles. The van der Waals surface area contributed by atoms with Crippen molar-refractivity contribution >= 4 is 44.4 Å². The second-order valence-corrected chi connectivity index (χ2v) is 9.19. The number of anilines is 1. The number of carbonyl (C=O) groups is 1. The van der Waals surface area contributed by atoms with Crippen LogP contribution in [0.15, 0.2) is 57.2 Å². The number of nitrogens with two attached hydrogens (primary N) is 1. The van der Waals surface area contributed by atoms with Crippen LogP contribution in [0.25, 0.3) is 26.5 Å². The molecule has 0 bridgehead atoms. The number of hydrogen-bond donors (Lipinski definition) is 2. The Labute approximate surface area is 202 Å². The molecule has 0 fully saturated rings. The van der Waals surface area contributed by atoms with Crippen LogP contribution in [0.3, 0.4) is 0 Å². The summed E-state index contributed by atoms with van der Waals surface area (Å²) in [6, 6.07) is 10.6. The third kappa shape index (κ3) is 3.88. The highest BCUT2D eigenvalue weighted by atomic mass is 32.1. The van der Waals surface area contributed by atoms with Crippen LogP contribution in [0.1, 0.15) is 20.9 Å². The van der Waals surface area contributed by atoms with Crippen LogP contribution >= 0.6 is 22.7 Å². The number of nitrogens with one attached hydrogen (secondary N) is 1. The number of fused-ring (bicyclic) bond motifs is 1. The van der Waals surface area contributed by atoms with Crippen molar-refractivity contribution in [1.82, 2.24) is 10.3 Å². The maximum atomic E-state index is 14.0. The first-order valence-corrected chi connectivity index (χ1v) is 11.6. The molecule has 5 rings (SSSR count). The van der Waals surface area contributed by atoms with E-state index in [9.17, 15) is 22.8 Å².